The van der Waals surface area contributed by atoms with Gasteiger partial charge in [-0.05, 0) is 18.1 Å². The van der Waals surface area contributed by atoms with Gasteiger partial charge >= 0.3 is 27.3 Å². The number of phosphoric acid groups is 2. The molecule has 0 spiro atoms. The van der Waals surface area contributed by atoms with E-state index >= 15 is 0 Å². The number of nitrogens with one attached hydrogen (secondary N) is 1. The summed E-state index contributed by atoms with van der Waals surface area (Å²) in [6.07, 6.45) is -5.20. The molecule has 4 aromatic heterocycles. The van der Waals surface area contributed by atoms with Gasteiger partial charge in [0.2, 0.25) is 5.91 Å². The van der Waals surface area contributed by atoms with Crippen LogP contribution in [0.3, 0.4) is 0 Å². The van der Waals surface area contributed by atoms with Crippen molar-refractivity contribution >= 4 is 67.3 Å². The van der Waals surface area contributed by atoms with Crippen molar-refractivity contribution in [3.05, 3.63) is 94.4 Å². The summed E-state index contributed by atoms with van der Waals surface area (Å²) in [7, 11) is -10.3. The van der Waals surface area contributed by atoms with Gasteiger partial charge in [0.1, 0.15) is 53.3 Å². The number of allylic oxidation sites excluding steroid dienone is 1. The highest BCUT2D eigenvalue weighted by Gasteiger charge is 2.50. The number of aromatic nitrogens is 7. The second-order valence-corrected chi connectivity index (χ2v) is 17.9. The van der Waals surface area contributed by atoms with Gasteiger partial charge in [0.15, 0.2) is 35.2 Å². The molecule has 344 valence electrons. The molecule has 8 atom stereocenters. The lowest BCUT2D eigenvalue weighted by molar-refractivity contribution is -0.121. The lowest BCUT2D eigenvalue weighted by atomic mass is 10.1. The number of carbonyl (C=O) groups is 2. The van der Waals surface area contributed by atoms with Crippen LogP contribution in [0, 0.1) is 6.57 Å². The molecular formula is C36H39N11O15P2S. The van der Waals surface area contributed by atoms with Crippen molar-refractivity contribution in [3.63, 3.8) is 0 Å². The molecule has 9 N–H and O–H groups in total. The molecule has 6 heterocycles. The molecule has 2 saturated heterocycles. The Morgan fingerprint density at radius 3 is 2.51 bits per heavy atom. The van der Waals surface area contributed by atoms with Crippen molar-refractivity contribution in [1.29, 1.82) is 0 Å². The van der Waals surface area contributed by atoms with Crippen LogP contribution in [0.5, 0.6) is 0 Å². The van der Waals surface area contributed by atoms with Crippen LogP contribution in [0.2, 0.25) is 0 Å². The third-order valence-corrected chi connectivity index (χ3v) is 12.4. The molecule has 65 heavy (non-hydrogen) atoms. The Balaban J connectivity index is 1.15. The minimum Gasteiger partial charge on any atom is -0.452 e. The minimum atomic E-state index is -5.26. The smallest absolute Gasteiger partial charge is 0.452 e. The van der Waals surface area contributed by atoms with Crippen LogP contribution in [0.15, 0.2) is 66.6 Å². The lowest BCUT2D eigenvalue weighted by Crippen LogP contribution is -2.38. The Morgan fingerprint density at radius 2 is 1.80 bits per heavy atom. The fraction of sp³-hybridized carbons (Fsp3) is 0.361. The number of aliphatic hydroxyl groups excluding tert-OH is 1. The molecule has 29 heteroatoms. The fourth-order valence-electron chi connectivity index (χ4n) is 6.74. The summed E-state index contributed by atoms with van der Waals surface area (Å²) in [5.41, 5.74) is 11.5. The lowest BCUT2D eigenvalue weighted by Gasteiger charge is -2.23. The number of fused-ring (bicyclic) bond motifs is 1. The number of benzene rings is 1. The van der Waals surface area contributed by atoms with Gasteiger partial charge in [0.05, 0.1) is 37.5 Å². The number of hydrogen-bond donors (Lipinski definition) is 7. The van der Waals surface area contributed by atoms with Gasteiger partial charge < -0.3 is 50.8 Å². The van der Waals surface area contributed by atoms with E-state index in [1.165, 1.54) is 35.3 Å². The first-order valence-electron chi connectivity index (χ1n) is 19.1. The van der Waals surface area contributed by atoms with Gasteiger partial charge in [-0.1, -0.05) is 30.3 Å². The van der Waals surface area contributed by atoms with Crippen LogP contribution in [-0.2, 0) is 48.3 Å². The fourth-order valence-corrected chi connectivity index (χ4v) is 9.04. The van der Waals surface area contributed by atoms with E-state index in [0.717, 1.165) is 22.2 Å². The third-order valence-electron chi connectivity index (χ3n) is 9.77. The number of nitrogens with two attached hydrogens (primary N) is 2. The number of ether oxygens (including phenoxy) is 3. The quantitative estimate of drug-likeness (QED) is 0.0285. The minimum absolute atomic E-state index is 0.00387. The topological polar surface area (TPSA) is 364 Å². The number of nitrogens with zero attached hydrogens (tertiary/aromatic N) is 8. The first-order chi connectivity index (χ1) is 30.9. The van der Waals surface area contributed by atoms with E-state index in [1.807, 2.05) is 0 Å². The first kappa shape index (κ1) is 47.1. The van der Waals surface area contributed by atoms with Crippen molar-refractivity contribution in [2.45, 2.75) is 68.8 Å². The van der Waals surface area contributed by atoms with E-state index in [2.05, 4.69) is 46.2 Å². The van der Waals surface area contributed by atoms with E-state index in [0.29, 0.717) is 22.7 Å². The maximum atomic E-state index is 14.2. The number of thiazole rings is 1. The summed E-state index contributed by atoms with van der Waals surface area (Å²) in [4.78, 5) is 92.9. The molecule has 1 aromatic carbocycles. The molecule has 0 bridgehead atoms. The van der Waals surface area contributed by atoms with E-state index in [4.69, 9.17) is 41.3 Å². The number of amides is 1. The zero-order valence-corrected chi connectivity index (χ0v) is 36.1. The van der Waals surface area contributed by atoms with Crippen LogP contribution in [0.4, 0.5) is 17.3 Å². The van der Waals surface area contributed by atoms with Gasteiger partial charge in [-0.2, -0.15) is 4.98 Å². The molecular weight excluding hydrogens is 920 g/mol. The average molecular weight is 960 g/mol. The first-order valence-corrected chi connectivity index (χ1v) is 23.0. The van der Waals surface area contributed by atoms with E-state index < -0.39 is 83.5 Å². The Kier molecular flexibility index (Phi) is 14.3. The number of esters is 1. The Morgan fingerprint density at radius 1 is 1.05 bits per heavy atom. The number of imidazole rings is 1. The van der Waals surface area contributed by atoms with Gasteiger partial charge in [-0.3, -0.25) is 27.5 Å². The highest BCUT2D eigenvalue weighted by atomic mass is 32.1. The normalized spacial score (nSPS) is 22.9. The molecule has 7 rings (SSSR count). The third kappa shape index (κ3) is 11.2. The van der Waals surface area contributed by atoms with Crippen LogP contribution in [-0.4, -0.2) is 109 Å². The highest BCUT2D eigenvalue weighted by Crippen LogP contribution is 2.50. The van der Waals surface area contributed by atoms with Crippen molar-refractivity contribution in [1.82, 2.24) is 39.4 Å². The standard InChI is InChI=1S/C36H39N11O15P2S/c1-3-4-5-24(48)40-13-25-45-27(31(65-25)18-6-8-19(39-2)9-7-18)35(50)61-30-22(60-34(29(30)49)47-17-43-28-32(38)41-16-42-33(28)47)15-58-64(55,56)62-20-12-26(46-11-10-23(37)44-36(46)51)59-21(20)14-57-63(52,53)54/h3,6-11,16-17,20-22,26,29-30,34,49H,1,4-5,12-15H2,(H,40,48)(H,55,56)(H2,37,44,51)(H2,38,41,42)(H2,52,53,54)/t20-,21-,22-,26-,29?,30+,34-/m1/s1. The molecule has 2 unspecified atom stereocenters. The average Bonchev–Trinajstić information content (AvgIpc) is 4.05. The Labute approximate surface area is 370 Å². The SMILES string of the molecule is [C-]#[N+]c1ccc(-c2sc(CNC(=O)CCC=C)nc2C(=O)O[C@@H]2C(O)[C@H](n3cnc4c(N)ncnc43)O[C@@H]2COP(=O)(O)O[C@@H]2C[C@H](n3ccc(N)nc3=O)O[C@@H]2COP(=O)(O)O)cc1. The van der Waals surface area contributed by atoms with Gasteiger partial charge in [-0.15, -0.1) is 17.9 Å². The Hall–Kier alpha value is -5.85. The highest BCUT2D eigenvalue weighted by molar-refractivity contribution is 7.47. The van der Waals surface area contributed by atoms with Crippen molar-refractivity contribution in [2.75, 3.05) is 24.7 Å². The largest absolute Gasteiger partial charge is 0.472 e. The number of carbonyl (C=O) groups excluding carboxylic acids is 2. The van der Waals surface area contributed by atoms with Crippen LogP contribution in [0.25, 0.3) is 26.4 Å². The summed E-state index contributed by atoms with van der Waals surface area (Å²) >= 11 is 1.06. The predicted molar refractivity (Wildman–Crippen MR) is 224 cm³/mol. The number of rotatable bonds is 18. The number of anilines is 2. The zero-order valence-electron chi connectivity index (χ0n) is 33.5. The zero-order chi connectivity index (χ0) is 46.6. The summed E-state index contributed by atoms with van der Waals surface area (Å²) < 4.78 is 60.5. The van der Waals surface area contributed by atoms with Crippen molar-refractivity contribution in [3.8, 4) is 10.4 Å². The van der Waals surface area contributed by atoms with Crippen LogP contribution >= 0.6 is 27.0 Å². The predicted octanol–water partition coefficient (Wildman–Crippen LogP) is 1.89. The second kappa shape index (κ2) is 19.7. The maximum absolute atomic E-state index is 14.2. The summed E-state index contributed by atoms with van der Waals surface area (Å²) in [6.45, 7) is 9.10. The monoisotopic (exact) mass is 959 g/mol. The molecule has 0 radical (unpaired) electrons. The molecule has 1 amide bonds. The molecule has 2 aliphatic rings. The summed E-state index contributed by atoms with van der Waals surface area (Å²) in [6, 6.07) is 7.51. The number of nitrogen functional groups attached to an aromatic ring is 2. The Bertz CT molecular complexity index is 2780. The van der Waals surface area contributed by atoms with Gasteiger partial charge in [-0.25, -0.2) is 43.5 Å². The summed E-state index contributed by atoms with van der Waals surface area (Å²) in [5.74, 6) is -1.50. The molecule has 0 saturated carbocycles. The molecule has 26 nitrogen and oxygen atoms in total. The molecule has 2 fully saturated rings. The summed E-state index contributed by atoms with van der Waals surface area (Å²) in [5, 5.41) is 14.8. The van der Waals surface area contributed by atoms with E-state index in [9.17, 15) is 43.3 Å². The molecule has 5 aromatic rings. The molecule has 0 aliphatic carbocycles. The van der Waals surface area contributed by atoms with Crippen molar-refractivity contribution in [2.24, 2.45) is 0 Å². The number of hydrogen-bond acceptors (Lipinski definition) is 20. The number of phosphoric ester groups is 2. The maximum Gasteiger partial charge on any atom is 0.472 e. The van der Waals surface area contributed by atoms with E-state index in [-0.39, 0.29) is 58.7 Å². The van der Waals surface area contributed by atoms with Gasteiger partial charge in [0.25, 0.3) is 0 Å². The van der Waals surface area contributed by atoms with Gasteiger partial charge in [0, 0.05) is 19.0 Å². The van der Waals surface area contributed by atoms with E-state index in [1.54, 1.807) is 18.2 Å². The van der Waals surface area contributed by atoms with Crippen molar-refractivity contribution < 1.29 is 66.3 Å². The van der Waals surface area contributed by atoms with Crippen LogP contribution in [0.1, 0.15) is 47.2 Å². The molecule has 2 aliphatic heterocycles. The van der Waals surface area contributed by atoms with Crippen LogP contribution < -0.4 is 22.5 Å². The second-order valence-electron chi connectivity index (χ2n) is 14.2. The number of aliphatic hydroxyl groups is 1.